The van der Waals surface area contributed by atoms with Gasteiger partial charge in [-0.15, -0.1) is 0 Å². The second-order valence-electron chi connectivity index (χ2n) is 8.54. The monoisotopic (exact) mass is 405 g/mol. The smallest absolute Gasteiger partial charge is 0.417 e. The van der Waals surface area contributed by atoms with Crippen molar-refractivity contribution < 1.29 is 27.8 Å². The van der Waals surface area contributed by atoms with Crippen LogP contribution in [0.3, 0.4) is 0 Å². The van der Waals surface area contributed by atoms with E-state index in [9.17, 15) is 23.1 Å². The topological polar surface area (TPSA) is 49.8 Å². The van der Waals surface area contributed by atoms with Crippen LogP contribution in [0.4, 0.5) is 18.0 Å². The van der Waals surface area contributed by atoms with Crippen molar-refractivity contribution in [2.75, 3.05) is 19.7 Å². The van der Waals surface area contributed by atoms with Crippen molar-refractivity contribution in [1.29, 1.82) is 0 Å². The van der Waals surface area contributed by atoms with Gasteiger partial charge >= 0.3 is 12.3 Å². The first kappa shape index (κ1) is 20.3. The highest BCUT2D eigenvalue weighted by molar-refractivity contribution is 6.31. The SMILES string of the molecule is CC(C)(C)OC(=O)N1CC[C@]2(c3ccc(Cl)c(C(F)(F)F)c3)C[C@]2(CO)C1. The van der Waals surface area contributed by atoms with Crippen molar-refractivity contribution in [1.82, 2.24) is 4.90 Å². The summed E-state index contributed by atoms with van der Waals surface area (Å²) in [6, 6.07) is 3.94. The third-order valence-electron chi connectivity index (χ3n) is 5.61. The molecule has 3 rings (SSSR count). The lowest BCUT2D eigenvalue weighted by Crippen LogP contribution is -2.48. The van der Waals surface area contributed by atoms with E-state index in [1.54, 1.807) is 26.8 Å². The molecule has 1 aliphatic heterocycles. The number of amides is 1. The van der Waals surface area contributed by atoms with Crippen LogP contribution < -0.4 is 0 Å². The Balaban J connectivity index is 1.87. The summed E-state index contributed by atoms with van der Waals surface area (Å²) in [5.41, 5.74) is -2.23. The summed E-state index contributed by atoms with van der Waals surface area (Å²) >= 11 is 5.73. The van der Waals surface area contributed by atoms with Gasteiger partial charge in [0.15, 0.2) is 0 Å². The Labute approximate surface area is 161 Å². The molecule has 1 amide bonds. The van der Waals surface area contributed by atoms with Gasteiger partial charge in [0.25, 0.3) is 0 Å². The van der Waals surface area contributed by atoms with E-state index in [1.807, 2.05) is 0 Å². The highest BCUT2D eigenvalue weighted by Gasteiger charge is 2.70. The number of halogens is 4. The Bertz CT molecular complexity index is 762. The number of hydrogen-bond acceptors (Lipinski definition) is 3. The number of nitrogens with zero attached hydrogens (tertiary/aromatic N) is 1. The highest BCUT2D eigenvalue weighted by Crippen LogP contribution is 2.68. The third kappa shape index (κ3) is 3.51. The van der Waals surface area contributed by atoms with E-state index >= 15 is 0 Å². The van der Waals surface area contributed by atoms with Gasteiger partial charge in [-0.05, 0) is 51.3 Å². The van der Waals surface area contributed by atoms with Crippen molar-refractivity contribution in [3.05, 3.63) is 34.3 Å². The number of aliphatic hydroxyl groups is 1. The van der Waals surface area contributed by atoms with Crippen LogP contribution in [0.1, 0.15) is 44.7 Å². The van der Waals surface area contributed by atoms with E-state index in [1.165, 1.54) is 11.0 Å². The van der Waals surface area contributed by atoms with Crippen molar-refractivity contribution in [3.8, 4) is 0 Å². The van der Waals surface area contributed by atoms with Gasteiger partial charge in [-0.3, -0.25) is 0 Å². The minimum Gasteiger partial charge on any atom is -0.444 e. The van der Waals surface area contributed by atoms with Gasteiger partial charge < -0.3 is 14.7 Å². The summed E-state index contributed by atoms with van der Waals surface area (Å²) < 4.78 is 45.1. The molecule has 1 N–H and O–H groups in total. The molecule has 4 nitrogen and oxygen atoms in total. The standard InChI is InChI=1S/C19H23ClF3NO3/c1-16(2,3)27-15(26)24-7-6-18(9-17(18,10-24)11-25)12-4-5-14(20)13(8-12)19(21,22)23/h4-5,8,25H,6-7,9-11H2,1-3H3/t17-,18-/m1/s1. The minimum atomic E-state index is -4.54. The van der Waals surface area contributed by atoms with E-state index < -0.39 is 34.3 Å². The lowest BCUT2D eigenvalue weighted by molar-refractivity contribution is -0.137. The quantitative estimate of drug-likeness (QED) is 0.781. The first-order valence-corrected chi connectivity index (χ1v) is 9.17. The van der Waals surface area contributed by atoms with E-state index in [0.717, 1.165) is 6.07 Å². The molecule has 2 aliphatic rings. The molecular weight excluding hydrogens is 383 g/mol. The number of fused-ring (bicyclic) bond motifs is 1. The number of aliphatic hydroxyl groups excluding tert-OH is 1. The number of rotatable bonds is 2. The van der Waals surface area contributed by atoms with Crippen LogP contribution in [0.25, 0.3) is 0 Å². The van der Waals surface area contributed by atoms with E-state index in [4.69, 9.17) is 16.3 Å². The van der Waals surface area contributed by atoms with Crippen LogP contribution in [-0.2, 0) is 16.3 Å². The largest absolute Gasteiger partial charge is 0.444 e. The normalized spacial score (nSPS) is 27.9. The lowest BCUT2D eigenvalue weighted by atomic mass is 9.80. The van der Waals surface area contributed by atoms with E-state index in [2.05, 4.69) is 0 Å². The molecule has 2 fully saturated rings. The van der Waals surface area contributed by atoms with Crippen LogP contribution >= 0.6 is 11.6 Å². The number of likely N-dealkylation sites (tertiary alicyclic amines) is 1. The molecule has 1 aliphatic carbocycles. The van der Waals surface area contributed by atoms with Gasteiger partial charge in [0, 0.05) is 23.9 Å². The number of carbonyl (C=O) groups excluding carboxylic acids is 1. The first-order valence-electron chi connectivity index (χ1n) is 8.80. The Morgan fingerprint density at radius 3 is 2.56 bits per heavy atom. The molecule has 1 saturated heterocycles. The molecule has 1 heterocycles. The van der Waals surface area contributed by atoms with Gasteiger partial charge in [-0.25, -0.2) is 4.79 Å². The molecule has 1 aromatic carbocycles. The van der Waals surface area contributed by atoms with Gasteiger partial charge in [0.2, 0.25) is 0 Å². The zero-order valence-electron chi connectivity index (χ0n) is 15.5. The summed E-state index contributed by atoms with van der Waals surface area (Å²) in [6.07, 6.45) is -4.03. The average molecular weight is 406 g/mol. The lowest BCUT2D eigenvalue weighted by Gasteiger charge is -2.38. The number of carbonyl (C=O) groups is 1. The van der Waals surface area contributed by atoms with Crippen LogP contribution in [0, 0.1) is 5.41 Å². The number of piperidine rings is 1. The highest BCUT2D eigenvalue weighted by atomic mass is 35.5. The molecule has 0 bridgehead atoms. The molecule has 2 atom stereocenters. The van der Waals surface area contributed by atoms with Crippen LogP contribution in [-0.4, -0.2) is 41.4 Å². The Kier molecular flexibility index (Phi) is 4.71. The maximum absolute atomic E-state index is 13.2. The maximum atomic E-state index is 13.2. The predicted molar refractivity (Wildman–Crippen MR) is 94.7 cm³/mol. The first-order chi connectivity index (χ1) is 12.3. The fourth-order valence-corrected chi connectivity index (χ4v) is 4.42. The number of benzene rings is 1. The maximum Gasteiger partial charge on any atom is 0.417 e. The molecule has 27 heavy (non-hydrogen) atoms. The summed E-state index contributed by atoms with van der Waals surface area (Å²) in [5.74, 6) is 0. The summed E-state index contributed by atoms with van der Waals surface area (Å²) in [5, 5.41) is 9.66. The van der Waals surface area contributed by atoms with Gasteiger partial charge in [-0.1, -0.05) is 17.7 Å². The number of ether oxygens (including phenoxy) is 1. The minimum absolute atomic E-state index is 0.212. The second-order valence-corrected chi connectivity index (χ2v) is 8.95. The molecule has 8 heteroatoms. The second kappa shape index (κ2) is 6.27. The molecular formula is C19H23ClF3NO3. The third-order valence-corrected chi connectivity index (χ3v) is 5.94. The van der Waals surface area contributed by atoms with Crippen molar-refractivity contribution in [2.24, 2.45) is 5.41 Å². The fourth-order valence-electron chi connectivity index (χ4n) is 4.20. The molecule has 0 aromatic heterocycles. The van der Waals surface area contributed by atoms with Crippen LogP contribution in [0.15, 0.2) is 18.2 Å². The zero-order valence-corrected chi connectivity index (χ0v) is 16.2. The molecule has 1 saturated carbocycles. The summed E-state index contributed by atoms with van der Waals surface area (Å²) in [7, 11) is 0. The Morgan fingerprint density at radius 1 is 1.33 bits per heavy atom. The Hall–Kier alpha value is -1.47. The van der Waals surface area contributed by atoms with Crippen molar-refractivity contribution in [3.63, 3.8) is 0 Å². The zero-order chi connectivity index (χ0) is 20.3. The molecule has 0 spiro atoms. The van der Waals surface area contributed by atoms with Crippen LogP contribution in [0.5, 0.6) is 0 Å². The number of hydrogen-bond donors (Lipinski definition) is 1. The molecule has 150 valence electrons. The van der Waals surface area contributed by atoms with E-state index in [0.29, 0.717) is 24.9 Å². The fraction of sp³-hybridized carbons (Fsp3) is 0.632. The summed E-state index contributed by atoms with van der Waals surface area (Å²) in [4.78, 5) is 13.9. The van der Waals surface area contributed by atoms with Gasteiger partial charge in [0.1, 0.15) is 5.60 Å². The average Bonchev–Trinajstić information content (AvgIpc) is 3.22. The number of alkyl halides is 3. The van der Waals surface area contributed by atoms with E-state index in [-0.39, 0.29) is 18.2 Å². The van der Waals surface area contributed by atoms with Crippen LogP contribution in [0.2, 0.25) is 5.02 Å². The predicted octanol–water partition coefficient (Wildman–Crippen LogP) is 4.62. The van der Waals surface area contributed by atoms with Crippen molar-refractivity contribution >= 4 is 17.7 Å². The molecule has 0 radical (unpaired) electrons. The molecule has 1 aromatic rings. The Morgan fingerprint density at radius 2 is 2.00 bits per heavy atom. The summed E-state index contributed by atoms with van der Waals surface area (Å²) in [6.45, 7) is 5.71. The van der Waals surface area contributed by atoms with Gasteiger partial charge in [0.05, 0.1) is 17.2 Å². The molecule has 0 unspecified atom stereocenters. The van der Waals surface area contributed by atoms with Gasteiger partial charge in [-0.2, -0.15) is 13.2 Å². The van der Waals surface area contributed by atoms with Crippen molar-refractivity contribution in [2.45, 2.75) is 50.8 Å².